The molecule has 1 amide bonds. The Hall–Kier alpha value is -2.89. The summed E-state index contributed by atoms with van der Waals surface area (Å²) in [6.45, 7) is 16.3. The van der Waals surface area contributed by atoms with Crippen LogP contribution in [0.3, 0.4) is 0 Å². The Morgan fingerprint density at radius 3 is 2.03 bits per heavy atom. The second-order valence-electron chi connectivity index (χ2n) is 11.2. The van der Waals surface area contributed by atoms with Gasteiger partial charge in [-0.05, 0) is 33.8 Å². The van der Waals surface area contributed by atoms with Gasteiger partial charge in [-0.3, -0.25) is 4.90 Å². The fourth-order valence-corrected chi connectivity index (χ4v) is 5.88. The van der Waals surface area contributed by atoms with Crippen LogP contribution in [0.1, 0.15) is 38.8 Å². The fourth-order valence-electron chi connectivity index (χ4n) is 5.88. The van der Waals surface area contributed by atoms with E-state index < -0.39 is 11.3 Å². The molecule has 5 nitrogen and oxygen atoms in total. The van der Waals surface area contributed by atoms with Gasteiger partial charge in [-0.15, -0.1) is 6.58 Å². The lowest BCUT2D eigenvalue weighted by Crippen LogP contribution is -2.52. The summed E-state index contributed by atoms with van der Waals surface area (Å²) in [5.74, 6) is 0.545. The van der Waals surface area contributed by atoms with E-state index in [-0.39, 0.29) is 12.0 Å². The summed E-state index contributed by atoms with van der Waals surface area (Å²) in [4.78, 5) is 14.6. The van der Waals surface area contributed by atoms with Gasteiger partial charge >= 0.3 is 6.09 Å². The highest BCUT2D eigenvalue weighted by atomic mass is 16.6. The lowest BCUT2D eigenvalue weighted by atomic mass is 9.96. The number of amides is 1. The molecule has 0 spiro atoms. The summed E-state index contributed by atoms with van der Waals surface area (Å²) in [7, 11) is 0. The molecule has 2 aliphatic heterocycles. The monoisotopic (exact) mass is 475 g/mol. The van der Waals surface area contributed by atoms with Crippen molar-refractivity contribution in [1.82, 2.24) is 4.90 Å². The first-order valence-electron chi connectivity index (χ1n) is 12.5. The van der Waals surface area contributed by atoms with Crippen LogP contribution in [0.2, 0.25) is 0 Å². The molecule has 2 fully saturated rings. The minimum Gasteiger partial charge on any atom is -0.418 e. The number of likely N-dealkylation sites (tertiary alicyclic amines) is 1. The van der Waals surface area contributed by atoms with Gasteiger partial charge in [0.25, 0.3) is 0 Å². The Morgan fingerprint density at radius 1 is 1.00 bits per heavy atom. The van der Waals surface area contributed by atoms with Crippen molar-refractivity contribution in [2.45, 2.75) is 52.0 Å². The number of nitrogens with zero attached hydrogens (tertiary/aromatic N) is 2. The first-order chi connectivity index (χ1) is 16.6. The van der Waals surface area contributed by atoms with Crippen LogP contribution in [-0.2, 0) is 22.6 Å². The molecule has 0 bridgehead atoms. The molecule has 0 saturated carbocycles. The van der Waals surface area contributed by atoms with E-state index in [0.717, 1.165) is 30.7 Å². The first-order valence-corrected chi connectivity index (χ1v) is 12.5. The van der Waals surface area contributed by atoms with Gasteiger partial charge in [0.1, 0.15) is 18.8 Å². The molecule has 2 aliphatic rings. The zero-order chi connectivity index (χ0) is 25.1. The topological polar surface area (TPSA) is 38.8 Å². The highest BCUT2D eigenvalue weighted by Crippen LogP contribution is 2.37. The van der Waals surface area contributed by atoms with Gasteiger partial charge in [-0.2, -0.15) is 0 Å². The van der Waals surface area contributed by atoms with E-state index in [1.165, 1.54) is 11.1 Å². The van der Waals surface area contributed by atoms with Gasteiger partial charge in [0.2, 0.25) is 0 Å². The van der Waals surface area contributed by atoms with Crippen molar-refractivity contribution in [1.29, 1.82) is 0 Å². The molecule has 5 heteroatoms. The number of rotatable bonds is 7. The molecular weight excluding hydrogens is 436 g/mol. The molecule has 0 aromatic heterocycles. The summed E-state index contributed by atoms with van der Waals surface area (Å²) in [6.07, 6.45) is 5.32. The van der Waals surface area contributed by atoms with Crippen molar-refractivity contribution in [3.63, 3.8) is 0 Å². The van der Waals surface area contributed by atoms with Crippen LogP contribution in [0.4, 0.5) is 4.79 Å². The van der Waals surface area contributed by atoms with Crippen LogP contribution in [0.5, 0.6) is 0 Å². The van der Waals surface area contributed by atoms with Gasteiger partial charge in [0.15, 0.2) is 0 Å². The molecule has 0 aliphatic carbocycles. The summed E-state index contributed by atoms with van der Waals surface area (Å²) in [5.41, 5.74) is 1.56. The number of carbonyl (C=O) groups excluding carboxylic acids is 1. The van der Waals surface area contributed by atoms with Crippen LogP contribution < -0.4 is 0 Å². The second kappa shape index (κ2) is 10.00. The van der Waals surface area contributed by atoms with E-state index in [9.17, 15) is 4.79 Å². The Morgan fingerprint density at radius 2 is 1.54 bits per heavy atom. The van der Waals surface area contributed by atoms with E-state index in [1.807, 2.05) is 27.7 Å². The smallest absolute Gasteiger partial charge is 0.417 e. The van der Waals surface area contributed by atoms with Crippen LogP contribution >= 0.6 is 0 Å². The Bertz CT molecular complexity index is 988. The quantitative estimate of drug-likeness (QED) is 0.275. The number of quaternary nitrogens is 1. The Kier molecular flexibility index (Phi) is 7.20. The minimum absolute atomic E-state index is 0.239. The van der Waals surface area contributed by atoms with Crippen LogP contribution in [0.25, 0.3) is 0 Å². The fraction of sp³-hybridized carbons (Fsp3) is 0.433. The molecule has 186 valence electrons. The molecule has 2 aromatic rings. The van der Waals surface area contributed by atoms with Gasteiger partial charge in [0, 0.05) is 23.0 Å². The maximum Gasteiger partial charge on any atom is 0.417 e. The maximum absolute atomic E-state index is 13.0. The summed E-state index contributed by atoms with van der Waals surface area (Å²) >= 11 is 0. The van der Waals surface area contributed by atoms with E-state index in [0.29, 0.717) is 12.5 Å². The lowest BCUT2D eigenvalue weighted by molar-refractivity contribution is -0.944. The third-order valence-corrected chi connectivity index (χ3v) is 7.37. The van der Waals surface area contributed by atoms with Crippen LogP contribution in [-0.4, -0.2) is 46.4 Å². The summed E-state index contributed by atoms with van der Waals surface area (Å²) in [6, 6.07) is 21.4. The van der Waals surface area contributed by atoms with Crippen LogP contribution in [0, 0.1) is 11.8 Å². The van der Waals surface area contributed by atoms with Crippen LogP contribution in [0.15, 0.2) is 85.7 Å². The van der Waals surface area contributed by atoms with Gasteiger partial charge in [-0.25, -0.2) is 4.79 Å². The lowest BCUT2D eigenvalue weighted by Gasteiger charge is -2.36. The largest absolute Gasteiger partial charge is 0.418 e. The summed E-state index contributed by atoms with van der Waals surface area (Å²) < 4.78 is 12.4. The van der Waals surface area contributed by atoms with Crippen molar-refractivity contribution in [2.24, 2.45) is 11.8 Å². The van der Waals surface area contributed by atoms with E-state index >= 15 is 0 Å². The highest BCUT2D eigenvalue weighted by Gasteiger charge is 2.49. The molecular formula is C30H39N2O3+. The van der Waals surface area contributed by atoms with Crippen molar-refractivity contribution >= 4 is 6.09 Å². The van der Waals surface area contributed by atoms with E-state index in [2.05, 4.69) is 79.4 Å². The van der Waals surface area contributed by atoms with E-state index in [4.69, 9.17) is 9.47 Å². The molecule has 35 heavy (non-hydrogen) atoms. The minimum atomic E-state index is -0.692. The van der Waals surface area contributed by atoms with Gasteiger partial charge in [-0.1, -0.05) is 66.7 Å². The number of hydrogen-bond acceptors (Lipinski definition) is 3. The number of ether oxygens (including phenoxy) is 2. The standard InChI is InChI=1S/C30H39N2O3/c1-6-26-21-32(19-24-13-9-7-10-14-24,20-25-15-11-8-12-16-25)22-27(26)17-18-34-28(33)31-29(2,3)23-35-30(31,4)5/h6-18,26-27H,1,19-23H2,2-5H3/q+1. The average molecular weight is 476 g/mol. The maximum atomic E-state index is 13.0. The molecule has 0 N–H and O–H groups in total. The number of benzene rings is 2. The zero-order valence-electron chi connectivity index (χ0n) is 21.5. The first kappa shape index (κ1) is 25.2. The molecule has 2 heterocycles. The molecule has 4 rings (SSSR count). The third-order valence-electron chi connectivity index (χ3n) is 7.37. The average Bonchev–Trinajstić information content (AvgIpc) is 3.27. The number of hydrogen-bond donors (Lipinski definition) is 0. The van der Waals surface area contributed by atoms with Crippen molar-refractivity contribution in [3.05, 3.63) is 96.8 Å². The van der Waals surface area contributed by atoms with Crippen molar-refractivity contribution in [3.8, 4) is 0 Å². The molecule has 0 radical (unpaired) electrons. The molecule has 2 aromatic carbocycles. The second-order valence-corrected chi connectivity index (χ2v) is 11.2. The molecule has 2 saturated heterocycles. The molecule has 2 atom stereocenters. The Labute approximate surface area is 210 Å². The van der Waals surface area contributed by atoms with Crippen molar-refractivity contribution < 1.29 is 18.8 Å². The van der Waals surface area contributed by atoms with Crippen molar-refractivity contribution in [2.75, 3.05) is 19.7 Å². The zero-order valence-corrected chi connectivity index (χ0v) is 21.5. The third kappa shape index (κ3) is 5.68. The predicted molar refractivity (Wildman–Crippen MR) is 139 cm³/mol. The van der Waals surface area contributed by atoms with Gasteiger partial charge < -0.3 is 14.0 Å². The predicted octanol–water partition coefficient (Wildman–Crippen LogP) is 6.13. The highest BCUT2D eigenvalue weighted by molar-refractivity contribution is 5.70. The number of carbonyl (C=O) groups is 1. The van der Waals surface area contributed by atoms with E-state index in [1.54, 1.807) is 11.2 Å². The van der Waals surface area contributed by atoms with Gasteiger partial charge in [0.05, 0.1) is 31.5 Å². The Balaban J connectivity index is 1.51. The summed E-state index contributed by atoms with van der Waals surface area (Å²) in [5, 5.41) is 0. The molecule has 2 unspecified atom stereocenters. The SMILES string of the molecule is C=CC1C[N+](Cc2ccccc2)(Cc2ccccc2)CC1C=COC(=O)N1C(C)(C)COC1(C)C. The normalized spacial score (nSPS) is 24.5.